The van der Waals surface area contributed by atoms with Gasteiger partial charge in [-0.1, -0.05) is 92.1 Å². The fourth-order valence-electron chi connectivity index (χ4n) is 10.5. The smallest absolute Gasteiger partial charge is 0.306 e. The van der Waals surface area contributed by atoms with Crippen LogP contribution in [-0.2, 0) is 61.4 Å². The molecule has 20 nitrogen and oxygen atoms in total. The molecule has 4 fully saturated rings. The van der Waals surface area contributed by atoms with E-state index >= 15 is 0 Å². The van der Waals surface area contributed by atoms with E-state index < -0.39 is 41.2 Å². The SMILES string of the molecule is NC(=O)c1nn(CC(=O)N(CC(=O)NCc2cccc(Cl)c2F)C2CC2)c2ccc(CC(=O)C3CCCCC3)cc12.NC(=O)c1nn(CC(=O)N(CC(=O)NCc2cccc(Cl)c2F)C2CC2)c2ccc(N)cc12.O=C(O)C1CCCCC1. The first-order valence-electron chi connectivity index (χ1n) is 27.8. The molecule has 6 amide bonds. The molecule has 83 heavy (non-hydrogen) atoms. The maximum Gasteiger partial charge on any atom is 0.306 e. The molecule has 4 aliphatic rings. The van der Waals surface area contributed by atoms with E-state index in [0.717, 1.165) is 82.6 Å². The van der Waals surface area contributed by atoms with E-state index in [9.17, 15) is 47.1 Å². The van der Waals surface area contributed by atoms with Crippen molar-refractivity contribution in [1.29, 1.82) is 0 Å². The van der Waals surface area contributed by atoms with E-state index in [2.05, 4.69) is 20.8 Å². The highest BCUT2D eigenvalue weighted by Crippen LogP contribution is 2.31. The monoisotopic (exact) mass is 1180 g/mol. The molecule has 0 radical (unpaired) electrons. The third-order valence-electron chi connectivity index (χ3n) is 15.3. The Morgan fingerprint density at radius 3 is 1.45 bits per heavy atom. The number of carbonyl (C=O) groups is 8. The Morgan fingerprint density at radius 2 is 1.02 bits per heavy atom. The van der Waals surface area contributed by atoms with Crippen LogP contribution in [0.15, 0.2) is 72.8 Å². The van der Waals surface area contributed by atoms with Crippen LogP contribution in [0.3, 0.4) is 0 Å². The number of halogens is 4. The van der Waals surface area contributed by atoms with Gasteiger partial charge in [0.15, 0.2) is 11.4 Å². The van der Waals surface area contributed by atoms with Crippen molar-refractivity contribution in [3.63, 3.8) is 0 Å². The number of nitrogens with zero attached hydrogens (tertiary/aromatic N) is 6. The molecule has 2 heterocycles. The van der Waals surface area contributed by atoms with Gasteiger partial charge in [0.25, 0.3) is 11.8 Å². The Balaban J connectivity index is 0.000000191. The number of amides is 6. The number of nitrogen functional groups attached to an aromatic ring is 1. The van der Waals surface area contributed by atoms with Crippen LogP contribution < -0.4 is 27.8 Å². The maximum absolute atomic E-state index is 14.2. The Hall–Kier alpha value is -7.98. The predicted molar refractivity (Wildman–Crippen MR) is 306 cm³/mol. The third kappa shape index (κ3) is 16.2. The first-order chi connectivity index (χ1) is 39.8. The molecule has 4 saturated carbocycles. The zero-order chi connectivity index (χ0) is 59.5. The molecule has 0 aliphatic heterocycles. The van der Waals surface area contributed by atoms with Gasteiger partial charge in [0.05, 0.1) is 40.1 Å². The number of nitrogens with one attached hydrogen (secondary N) is 2. The van der Waals surface area contributed by atoms with E-state index in [4.69, 9.17) is 45.5 Å². The minimum absolute atomic E-state index is 0.0179. The number of carbonyl (C=O) groups excluding carboxylic acids is 7. The van der Waals surface area contributed by atoms with Gasteiger partial charge in [-0.15, -0.1) is 0 Å². The van der Waals surface area contributed by atoms with Gasteiger partial charge in [0.1, 0.15) is 30.5 Å². The van der Waals surface area contributed by atoms with Gasteiger partial charge in [-0.25, -0.2) is 8.78 Å². The standard InChI is InChI=1S/C30H33ClFN5O4.C22H22ClFN6O3.C7H12O2/c31-23-8-4-7-20(28(23)32)15-34-26(39)16-36(21-10-11-21)27(40)17-37-24-12-9-18(13-22(24)29(35-37)30(33)41)14-25(38)19-5-2-1-3-6-19;23-16-3-1-2-12(20(16)24)9-27-18(31)10-29(14-5-6-14)19(32)11-30-17-7-4-13(25)8-15(17)21(28-30)22(26)33;8-7(9)6-4-2-1-3-5-6/h4,7-9,12-13,19,21H,1-3,5-6,10-11,14-17H2,(H2,33,41)(H,34,39);1-4,7-8,14H,5-6,9-11,25H2,(H2,26,33)(H,27,31);6H,1-5H2,(H,8,9). The number of carboxylic acid groups (broad SMARTS) is 1. The van der Waals surface area contributed by atoms with E-state index in [1.165, 1.54) is 56.3 Å². The molecule has 4 aliphatic carbocycles. The molecule has 24 heteroatoms. The lowest BCUT2D eigenvalue weighted by Crippen LogP contribution is -2.43. The predicted octanol–water partition coefficient (Wildman–Crippen LogP) is 7.40. The van der Waals surface area contributed by atoms with Crippen LogP contribution in [0.4, 0.5) is 14.5 Å². The van der Waals surface area contributed by atoms with E-state index in [-0.39, 0.29) is 120 Å². The summed E-state index contributed by atoms with van der Waals surface area (Å²) in [6.45, 7) is -0.862. The number of anilines is 1. The Kier molecular flexibility index (Phi) is 20.5. The molecule has 440 valence electrons. The second-order valence-corrected chi connectivity index (χ2v) is 22.3. The van der Waals surface area contributed by atoms with Crippen LogP contribution in [-0.4, -0.2) is 107 Å². The number of ketones is 1. The number of primary amides is 2. The van der Waals surface area contributed by atoms with Crippen molar-refractivity contribution in [1.82, 2.24) is 40.0 Å². The number of Topliss-reactive ketones (excluding diaryl/α,β-unsaturated/α-hetero) is 1. The van der Waals surface area contributed by atoms with Crippen molar-refractivity contribution in [3.8, 4) is 0 Å². The second kappa shape index (κ2) is 27.9. The van der Waals surface area contributed by atoms with Gasteiger partial charge in [-0.05, 0) is 99.4 Å². The molecule has 0 bridgehead atoms. The topological polar surface area (TPSA) is 301 Å². The third-order valence-corrected chi connectivity index (χ3v) is 15.9. The first-order valence-corrected chi connectivity index (χ1v) is 28.6. The number of aliphatic carboxylic acids is 1. The Morgan fingerprint density at radius 1 is 0.590 bits per heavy atom. The summed E-state index contributed by atoms with van der Waals surface area (Å²) < 4.78 is 31.0. The molecule has 0 spiro atoms. The Bertz CT molecular complexity index is 3430. The second-order valence-electron chi connectivity index (χ2n) is 21.5. The van der Waals surface area contributed by atoms with Crippen molar-refractivity contribution >= 4 is 97.9 Å². The molecule has 0 saturated heterocycles. The summed E-state index contributed by atoms with van der Waals surface area (Å²) in [6, 6.07) is 19.1. The van der Waals surface area contributed by atoms with Crippen LogP contribution in [0.2, 0.25) is 10.0 Å². The quantitative estimate of drug-likeness (QED) is 0.0408. The summed E-state index contributed by atoms with van der Waals surface area (Å²) in [4.78, 5) is 102. The van der Waals surface area contributed by atoms with E-state index in [1.807, 2.05) is 6.07 Å². The lowest BCUT2D eigenvalue weighted by molar-refractivity contribution is -0.142. The number of nitrogens with two attached hydrogens (primary N) is 3. The van der Waals surface area contributed by atoms with Crippen LogP contribution in [0.5, 0.6) is 0 Å². The van der Waals surface area contributed by atoms with Crippen LogP contribution in [0, 0.1) is 23.5 Å². The van der Waals surface area contributed by atoms with Gasteiger partial charge in [-0.3, -0.25) is 47.7 Å². The largest absolute Gasteiger partial charge is 0.481 e. The van der Waals surface area contributed by atoms with E-state index in [0.29, 0.717) is 27.5 Å². The van der Waals surface area contributed by atoms with Crippen molar-refractivity contribution in [2.45, 2.75) is 135 Å². The summed E-state index contributed by atoms with van der Waals surface area (Å²) in [5, 5.41) is 23.2. The number of benzene rings is 4. The number of fused-ring (bicyclic) bond motifs is 2. The lowest BCUT2D eigenvalue weighted by atomic mass is 9.84. The van der Waals surface area contributed by atoms with Gasteiger partial charge in [0.2, 0.25) is 23.6 Å². The summed E-state index contributed by atoms with van der Waals surface area (Å²) >= 11 is 11.6. The normalized spacial score (nSPS) is 15.3. The van der Waals surface area contributed by atoms with Crippen LogP contribution >= 0.6 is 23.2 Å². The lowest BCUT2D eigenvalue weighted by Gasteiger charge is -2.22. The number of aromatic nitrogens is 4. The summed E-state index contributed by atoms with van der Waals surface area (Å²) in [6.07, 6.45) is 13.8. The van der Waals surface area contributed by atoms with Gasteiger partial charge >= 0.3 is 5.97 Å². The zero-order valence-corrected chi connectivity index (χ0v) is 47.2. The molecule has 2 aromatic heterocycles. The van der Waals surface area contributed by atoms with Crippen molar-refractivity contribution in [2.75, 3.05) is 18.8 Å². The molecular weight excluding hydrogens is 1120 g/mol. The first kappa shape index (κ1) is 61.1. The fraction of sp³-hybridized carbons (Fsp3) is 0.424. The van der Waals surface area contributed by atoms with Crippen LogP contribution in [0.1, 0.15) is 128 Å². The average molecular weight is 1180 g/mol. The van der Waals surface area contributed by atoms with Gasteiger partial charge < -0.3 is 42.7 Å². The highest BCUT2D eigenvalue weighted by molar-refractivity contribution is 6.31. The van der Waals surface area contributed by atoms with E-state index in [1.54, 1.807) is 42.5 Å². The average Bonchev–Trinajstić information content (AvgIpc) is 4.60. The highest BCUT2D eigenvalue weighted by Gasteiger charge is 2.36. The number of rotatable bonds is 20. The fourth-order valence-corrected chi connectivity index (χ4v) is 10.9. The molecule has 9 N–H and O–H groups in total. The molecule has 4 aromatic carbocycles. The van der Waals surface area contributed by atoms with Crippen molar-refractivity contribution in [2.24, 2.45) is 23.3 Å². The van der Waals surface area contributed by atoms with Crippen molar-refractivity contribution in [3.05, 3.63) is 123 Å². The maximum atomic E-state index is 14.2. The number of hydrogen-bond donors (Lipinski definition) is 6. The summed E-state index contributed by atoms with van der Waals surface area (Å²) in [7, 11) is 0. The number of hydrogen-bond acceptors (Lipinski definition) is 11. The van der Waals surface area contributed by atoms with Gasteiger partial charge in [0, 0.05) is 65.1 Å². The molecule has 0 atom stereocenters. The minimum atomic E-state index is -0.733. The highest BCUT2D eigenvalue weighted by atomic mass is 35.5. The zero-order valence-electron chi connectivity index (χ0n) is 45.7. The summed E-state index contributed by atoms with van der Waals surface area (Å²) in [5.41, 5.74) is 19.7. The van der Waals surface area contributed by atoms with Crippen LogP contribution in [0.25, 0.3) is 21.8 Å². The molecule has 10 rings (SSSR count). The molecule has 6 aromatic rings. The number of carboxylic acids is 1. The Labute approximate surface area is 487 Å². The minimum Gasteiger partial charge on any atom is -0.481 e. The van der Waals surface area contributed by atoms with Crippen molar-refractivity contribution < 1.29 is 52.2 Å². The summed E-state index contributed by atoms with van der Waals surface area (Å²) in [5.74, 6) is -4.54. The van der Waals surface area contributed by atoms with Gasteiger partial charge in [-0.2, -0.15) is 10.2 Å². The molecule has 0 unspecified atom stereocenters. The molecular formula is C59H67Cl2F2N11O9.